The average Bonchev–Trinajstić information content (AvgIpc) is 2.65. The molecule has 1 fully saturated rings. The summed E-state index contributed by atoms with van der Waals surface area (Å²) in [5, 5.41) is 0.161. The first kappa shape index (κ1) is 11.5. The fraction of sp³-hybridized carbons (Fsp3) is 0.545. The van der Waals surface area contributed by atoms with Gasteiger partial charge in [-0.1, -0.05) is 12.5 Å². The maximum atomic E-state index is 12.0. The molecule has 0 aliphatic heterocycles. The number of nitrogens with zero attached hydrogens (tertiary/aromatic N) is 1. The average molecular weight is 240 g/mol. The highest BCUT2D eigenvalue weighted by atomic mass is 32.2. The summed E-state index contributed by atoms with van der Waals surface area (Å²) >= 11 is 0. The van der Waals surface area contributed by atoms with Crippen LogP contribution in [-0.2, 0) is 9.84 Å². The van der Waals surface area contributed by atoms with E-state index in [0.717, 1.165) is 19.3 Å². The predicted octanol–water partition coefficient (Wildman–Crippen LogP) is 0.983. The summed E-state index contributed by atoms with van der Waals surface area (Å²) in [5.74, 6) is 0.220. The molecule has 0 aromatic carbocycles. The van der Waals surface area contributed by atoms with Crippen molar-refractivity contribution in [3.8, 4) is 0 Å². The third-order valence-electron chi connectivity index (χ3n) is 3.11. The fourth-order valence-corrected chi connectivity index (χ4v) is 3.83. The van der Waals surface area contributed by atoms with Crippen LogP contribution in [0.25, 0.3) is 0 Å². The number of aromatic nitrogens is 1. The quantitative estimate of drug-likeness (QED) is 0.855. The molecule has 0 saturated heterocycles. The van der Waals surface area contributed by atoms with E-state index in [1.807, 2.05) is 0 Å². The van der Waals surface area contributed by atoms with Crippen molar-refractivity contribution in [2.45, 2.75) is 30.3 Å². The summed E-state index contributed by atoms with van der Waals surface area (Å²) in [6, 6.07) is 4.96. The summed E-state index contributed by atoms with van der Waals surface area (Å²) in [6.07, 6.45) is 4.38. The lowest BCUT2D eigenvalue weighted by Crippen LogP contribution is -2.30. The number of pyridine rings is 1. The zero-order valence-corrected chi connectivity index (χ0v) is 9.86. The third-order valence-corrected chi connectivity index (χ3v) is 4.85. The largest absolute Gasteiger partial charge is 0.327 e. The van der Waals surface area contributed by atoms with Gasteiger partial charge in [0.15, 0.2) is 14.9 Å². The van der Waals surface area contributed by atoms with Gasteiger partial charge in [0.2, 0.25) is 0 Å². The maximum absolute atomic E-state index is 12.0. The number of hydrogen-bond acceptors (Lipinski definition) is 4. The van der Waals surface area contributed by atoms with Crippen LogP contribution in [0.15, 0.2) is 29.4 Å². The Morgan fingerprint density at radius 3 is 2.75 bits per heavy atom. The lowest BCUT2D eigenvalue weighted by molar-refractivity contribution is 0.511. The number of sulfone groups is 1. The summed E-state index contributed by atoms with van der Waals surface area (Å²) in [7, 11) is -3.27. The first-order valence-corrected chi connectivity index (χ1v) is 7.14. The third kappa shape index (κ3) is 2.41. The van der Waals surface area contributed by atoms with E-state index in [-0.39, 0.29) is 22.7 Å². The van der Waals surface area contributed by atoms with E-state index < -0.39 is 9.84 Å². The van der Waals surface area contributed by atoms with Gasteiger partial charge in [-0.3, -0.25) is 0 Å². The van der Waals surface area contributed by atoms with Gasteiger partial charge in [-0.2, -0.15) is 0 Å². The van der Waals surface area contributed by atoms with Gasteiger partial charge in [-0.05, 0) is 30.9 Å². The highest BCUT2D eigenvalue weighted by Crippen LogP contribution is 2.26. The molecular weight excluding hydrogens is 224 g/mol. The van der Waals surface area contributed by atoms with E-state index in [2.05, 4.69) is 4.98 Å². The smallest absolute Gasteiger partial charge is 0.195 e. The van der Waals surface area contributed by atoms with Crippen LogP contribution in [0.3, 0.4) is 0 Å². The molecule has 16 heavy (non-hydrogen) atoms. The molecule has 2 rings (SSSR count). The molecule has 0 bridgehead atoms. The second-order valence-corrected chi connectivity index (χ2v) is 6.29. The van der Waals surface area contributed by atoms with Crippen molar-refractivity contribution >= 4 is 9.84 Å². The normalized spacial score (nSPS) is 25.8. The lowest BCUT2D eigenvalue weighted by atomic mass is 10.1. The Balaban J connectivity index is 2.15. The molecule has 0 radical (unpaired) electrons. The molecule has 1 aliphatic carbocycles. The van der Waals surface area contributed by atoms with E-state index >= 15 is 0 Å². The van der Waals surface area contributed by atoms with Gasteiger partial charge in [0.05, 0.1) is 5.75 Å². The van der Waals surface area contributed by atoms with Gasteiger partial charge in [-0.25, -0.2) is 13.4 Å². The SMILES string of the molecule is N[C@H]1CCCC1CS(=O)(=O)c1ccccn1. The van der Waals surface area contributed by atoms with Crippen LogP contribution in [0.4, 0.5) is 0 Å². The lowest BCUT2D eigenvalue weighted by Gasteiger charge is -2.14. The van der Waals surface area contributed by atoms with Crippen molar-refractivity contribution < 1.29 is 8.42 Å². The topological polar surface area (TPSA) is 73.1 Å². The van der Waals surface area contributed by atoms with Gasteiger partial charge in [0, 0.05) is 12.2 Å². The van der Waals surface area contributed by atoms with Crippen LogP contribution < -0.4 is 5.73 Å². The van der Waals surface area contributed by atoms with E-state index in [1.54, 1.807) is 12.1 Å². The fourth-order valence-electron chi connectivity index (χ4n) is 2.17. The van der Waals surface area contributed by atoms with Crippen molar-refractivity contribution in [3.05, 3.63) is 24.4 Å². The van der Waals surface area contributed by atoms with E-state index in [9.17, 15) is 8.42 Å². The van der Waals surface area contributed by atoms with Crippen molar-refractivity contribution in [2.75, 3.05) is 5.75 Å². The summed E-state index contributed by atoms with van der Waals surface area (Å²) in [6.45, 7) is 0. The molecule has 2 atom stereocenters. The number of nitrogens with two attached hydrogens (primary N) is 1. The van der Waals surface area contributed by atoms with Crippen molar-refractivity contribution in [2.24, 2.45) is 11.7 Å². The molecule has 0 spiro atoms. The minimum atomic E-state index is -3.27. The van der Waals surface area contributed by atoms with Crippen LogP contribution in [0.2, 0.25) is 0 Å². The van der Waals surface area contributed by atoms with E-state index in [1.165, 1.54) is 12.3 Å². The summed E-state index contributed by atoms with van der Waals surface area (Å²) in [5.41, 5.74) is 5.88. The van der Waals surface area contributed by atoms with E-state index in [0.29, 0.717) is 0 Å². The molecule has 4 nitrogen and oxygen atoms in total. The van der Waals surface area contributed by atoms with Crippen molar-refractivity contribution in [3.63, 3.8) is 0 Å². The molecule has 0 amide bonds. The molecule has 1 aromatic rings. The highest BCUT2D eigenvalue weighted by molar-refractivity contribution is 7.91. The molecule has 2 N–H and O–H groups in total. The van der Waals surface area contributed by atoms with Crippen molar-refractivity contribution in [1.29, 1.82) is 0 Å². The Labute approximate surface area is 95.8 Å². The molecule has 1 heterocycles. The number of hydrogen-bond donors (Lipinski definition) is 1. The Morgan fingerprint density at radius 2 is 2.19 bits per heavy atom. The molecule has 5 heteroatoms. The molecule has 1 unspecified atom stereocenters. The van der Waals surface area contributed by atoms with Gasteiger partial charge < -0.3 is 5.73 Å². The van der Waals surface area contributed by atoms with Gasteiger partial charge >= 0.3 is 0 Å². The molecule has 1 aromatic heterocycles. The monoisotopic (exact) mass is 240 g/mol. The Bertz CT molecular complexity index is 444. The summed E-state index contributed by atoms with van der Waals surface area (Å²) in [4.78, 5) is 3.89. The van der Waals surface area contributed by atoms with Crippen LogP contribution in [0.1, 0.15) is 19.3 Å². The maximum Gasteiger partial charge on any atom is 0.195 e. The van der Waals surface area contributed by atoms with Crippen LogP contribution >= 0.6 is 0 Å². The zero-order chi connectivity index (χ0) is 11.6. The molecule has 1 saturated carbocycles. The zero-order valence-electron chi connectivity index (χ0n) is 9.04. The van der Waals surface area contributed by atoms with Crippen LogP contribution in [0.5, 0.6) is 0 Å². The number of rotatable bonds is 3. The van der Waals surface area contributed by atoms with Gasteiger partial charge in [0.25, 0.3) is 0 Å². The minimum absolute atomic E-state index is 0.0264. The Morgan fingerprint density at radius 1 is 1.38 bits per heavy atom. The Kier molecular flexibility index (Phi) is 3.25. The van der Waals surface area contributed by atoms with Gasteiger partial charge in [0.1, 0.15) is 0 Å². The second kappa shape index (κ2) is 4.51. The first-order chi connectivity index (χ1) is 7.59. The molecular formula is C11H16N2O2S. The Hall–Kier alpha value is -0.940. The predicted molar refractivity (Wildman–Crippen MR) is 61.6 cm³/mol. The minimum Gasteiger partial charge on any atom is -0.327 e. The first-order valence-electron chi connectivity index (χ1n) is 5.49. The van der Waals surface area contributed by atoms with E-state index in [4.69, 9.17) is 5.73 Å². The molecule has 1 aliphatic rings. The highest BCUT2D eigenvalue weighted by Gasteiger charge is 2.30. The molecule has 88 valence electrons. The van der Waals surface area contributed by atoms with Crippen molar-refractivity contribution in [1.82, 2.24) is 4.98 Å². The van der Waals surface area contributed by atoms with Gasteiger partial charge in [-0.15, -0.1) is 0 Å². The van der Waals surface area contributed by atoms with Crippen LogP contribution in [-0.4, -0.2) is 25.2 Å². The summed E-state index contributed by atoms with van der Waals surface area (Å²) < 4.78 is 24.0. The van der Waals surface area contributed by atoms with Crippen LogP contribution in [0, 0.1) is 5.92 Å². The standard InChI is InChI=1S/C11H16N2O2S/c12-10-5-3-4-9(10)8-16(14,15)11-6-1-2-7-13-11/h1-2,6-7,9-10H,3-5,8,12H2/t9?,10-/m0/s1. The second-order valence-electron chi connectivity index (χ2n) is 4.30.